The number of aromatic nitrogens is 2. The smallest absolute Gasteiger partial charge is 0.149 e. The SMILES string of the molecule is Cc1nc(C2CN(C)CCCN2C)nc(NN)c1C(C)C. The molecule has 0 aromatic carbocycles. The van der Waals surface area contributed by atoms with E-state index in [4.69, 9.17) is 15.8 Å². The van der Waals surface area contributed by atoms with E-state index in [0.717, 1.165) is 42.5 Å². The van der Waals surface area contributed by atoms with Gasteiger partial charge in [-0.15, -0.1) is 0 Å². The molecule has 1 aliphatic rings. The monoisotopic (exact) mass is 292 g/mol. The topological polar surface area (TPSA) is 70.3 Å². The standard InChI is InChI=1S/C15H28N6/c1-10(2)13-11(3)17-14(18-15(13)19-16)12-9-20(4)7-6-8-21(12)5/h10,12H,6-9,16H2,1-5H3,(H,17,18,19). The van der Waals surface area contributed by atoms with Crippen molar-refractivity contribution < 1.29 is 0 Å². The zero-order chi connectivity index (χ0) is 15.6. The summed E-state index contributed by atoms with van der Waals surface area (Å²) in [5, 5.41) is 0. The summed E-state index contributed by atoms with van der Waals surface area (Å²) < 4.78 is 0. The zero-order valence-electron chi connectivity index (χ0n) is 13.8. The van der Waals surface area contributed by atoms with Gasteiger partial charge in [0.25, 0.3) is 0 Å². The number of likely N-dealkylation sites (N-methyl/N-ethyl adjacent to an activating group) is 2. The first kappa shape index (κ1) is 16.1. The van der Waals surface area contributed by atoms with Gasteiger partial charge in [-0.05, 0) is 46.4 Å². The van der Waals surface area contributed by atoms with Crippen molar-refractivity contribution in [1.82, 2.24) is 19.8 Å². The molecule has 6 nitrogen and oxygen atoms in total. The number of hydrogen-bond acceptors (Lipinski definition) is 6. The molecular formula is C15H28N6. The van der Waals surface area contributed by atoms with E-state index in [0.29, 0.717) is 5.92 Å². The summed E-state index contributed by atoms with van der Waals surface area (Å²) >= 11 is 0. The molecule has 1 aromatic heterocycles. The molecule has 1 unspecified atom stereocenters. The van der Waals surface area contributed by atoms with Crippen LogP contribution in [0.4, 0.5) is 5.82 Å². The van der Waals surface area contributed by atoms with Crippen molar-refractivity contribution in [1.29, 1.82) is 0 Å². The van der Waals surface area contributed by atoms with Crippen LogP contribution in [0.1, 0.15) is 49.3 Å². The first-order chi connectivity index (χ1) is 9.93. The molecule has 0 saturated carbocycles. The van der Waals surface area contributed by atoms with Gasteiger partial charge in [-0.3, -0.25) is 4.90 Å². The number of nitrogens with two attached hydrogens (primary N) is 1. The lowest BCUT2D eigenvalue weighted by Crippen LogP contribution is -2.32. The molecular weight excluding hydrogens is 264 g/mol. The first-order valence-electron chi connectivity index (χ1n) is 7.67. The molecule has 1 fully saturated rings. The lowest BCUT2D eigenvalue weighted by molar-refractivity contribution is 0.219. The van der Waals surface area contributed by atoms with E-state index < -0.39 is 0 Å². The van der Waals surface area contributed by atoms with Crippen LogP contribution in [-0.2, 0) is 0 Å². The molecule has 0 spiro atoms. The summed E-state index contributed by atoms with van der Waals surface area (Å²) in [5.74, 6) is 7.65. The molecule has 0 radical (unpaired) electrons. The highest BCUT2D eigenvalue weighted by molar-refractivity contribution is 5.47. The Morgan fingerprint density at radius 3 is 2.57 bits per heavy atom. The number of aryl methyl sites for hydroxylation is 1. The van der Waals surface area contributed by atoms with E-state index in [-0.39, 0.29) is 6.04 Å². The lowest BCUT2D eigenvalue weighted by Gasteiger charge is -2.27. The predicted molar refractivity (Wildman–Crippen MR) is 86.2 cm³/mol. The second kappa shape index (κ2) is 6.68. The number of hydrogen-bond donors (Lipinski definition) is 2. The molecule has 1 saturated heterocycles. The van der Waals surface area contributed by atoms with E-state index >= 15 is 0 Å². The Morgan fingerprint density at radius 1 is 1.24 bits per heavy atom. The van der Waals surface area contributed by atoms with Crippen LogP contribution in [0.5, 0.6) is 0 Å². The van der Waals surface area contributed by atoms with Gasteiger partial charge in [-0.2, -0.15) is 0 Å². The molecule has 1 aliphatic heterocycles. The minimum Gasteiger partial charge on any atom is -0.308 e. The van der Waals surface area contributed by atoms with Gasteiger partial charge in [0, 0.05) is 17.8 Å². The van der Waals surface area contributed by atoms with Gasteiger partial charge in [0.05, 0.1) is 6.04 Å². The average molecular weight is 292 g/mol. The molecule has 2 heterocycles. The number of rotatable bonds is 3. The van der Waals surface area contributed by atoms with Gasteiger partial charge in [-0.25, -0.2) is 15.8 Å². The van der Waals surface area contributed by atoms with Crippen LogP contribution in [0.2, 0.25) is 0 Å². The molecule has 1 atom stereocenters. The van der Waals surface area contributed by atoms with Gasteiger partial charge in [0.1, 0.15) is 11.6 Å². The van der Waals surface area contributed by atoms with Crippen LogP contribution in [0.3, 0.4) is 0 Å². The Kier molecular flexibility index (Phi) is 5.13. The molecule has 3 N–H and O–H groups in total. The van der Waals surface area contributed by atoms with Gasteiger partial charge >= 0.3 is 0 Å². The summed E-state index contributed by atoms with van der Waals surface area (Å²) in [5.41, 5.74) is 4.88. The molecule has 21 heavy (non-hydrogen) atoms. The normalized spacial score (nSPS) is 21.6. The maximum atomic E-state index is 5.68. The lowest BCUT2D eigenvalue weighted by atomic mass is 10.0. The van der Waals surface area contributed by atoms with Crippen molar-refractivity contribution in [3.05, 3.63) is 17.1 Å². The van der Waals surface area contributed by atoms with Gasteiger partial charge in [-0.1, -0.05) is 13.8 Å². The summed E-state index contributed by atoms with van der Waals surface area (Å²) in [6, 6.07) is 0.213. The molecule has 0 bridgehead atoms. The van der Waals surface area contributed by atoms with Crippen LogP contribution in [0, 0.1) is 6.92 Å². The van der Waals surface area contributed by atoms with E-state index in [1.807, 2.05) is 6.92 Å². The van der Waals surface area contributed by atoms with Crippen LogP contribution >= 0.6 is 0 Å². The predicted octanol–water partition coefficient (Wildman–Crippen LogP) is 1.50. The molecule has 1 aromatic rings. The Morgan fingerprint density at radius 2 is 1.95 bits per heavy atom. The third-order valence-corrected chi connectivity index (χ3v) is 4.23. The minimum atomic E-state index is 0.213. The first-order valence-corrected chi connectivity index (χ1v) is 7.67. The van der Waals surface area contributed by atoms with E-state index in [1.54, 1.807) is 0 Å². The fourth-order valence-electron chi connectivity index (χ4n) is 3.10. The Labute approximate surface area is 127 Å². The highest BCUT2D eigenvalue weighted by atomic mass is 15.3. The van der Waals surface area contributed by atoms with Crippen molar-refractivity contribution in [3.8, 4) is 0 Å². The summed E-state index contributed by atoms with van der Waals surface area (Å²) in [7, 11) is 4.30. The van der Waals surface area contributed by atoms with E-state index in [2.05, 4.69) is 43.2 Å². The summed E-state index contributed by atoms with van der Waals surface area (Å²) in [6.45, 7) is 9.44. The highest BCUT2D eigenvalue weighted by Crippen LogP contribution is 2.28. The minimum absolute atomic E-state index is 0.213. The van der Waals surface area contributed by atoms with Crippen molar-refractivity contribution >= 4 is 5.82 Å². The number of nitrogens with zero attached hydrogens (tertiary/aromatic N) is 4. The largest absolute Gasteiger partial charge is 0.308 e. The zero-order valence-corrected chi connectivity index (χ0v) is 13.8. The number of nitrogen functional groups attached to an aromatic ring is 1. The van der Waals surface area contributed by atoms with Gasteiger partial charge in [0.15, 0.2) is 0 Å². The number of anilines is 1. The van der Waals surface area contributed by atoms with Crippen LogP contribution in [-0.4, -0.2) is 53.5 Å². The van der Waals surface area contributed by atoms with E-state index in [1.165, 1.54) is 6.42 Å². The second-order valence-electron chi connectivity index (χ2n) is 6.34. The van der Waals surface area contributed by atoms with Gasteiger partial charge < -0.3 is 10.3 Å². The van der Waals surface area contributed by atoms with Crippen LogP contribution in [0.15, 0.2) is 0 Å². The summed E-state index contributed by atoms with van der Waals surface area (Å²) in [4.78, 5) is 14.2. The number of nitrogens with one attached hydrogen (secondary N) is 1. The van der Waals surface area contributed by atoms with Crippen LogP contribution in [0.25, 0.3) is 0 Å². The molecule has 6 heteroatoms. The third-order valence-electron chi connectivity index (χ3n) is 4.23. The van der Waals surface area contributed by atoms with E-state index in [9.17, 15) is 0 Å². The fraction of sp³-hybridized carbons (Fsp3) is 0.733. The van der Waals surface area contributed by atoms with Gasteiger partial charge in [0.2, 0.25) is 0 Å². The van der Waals surface area contributed by atoms with Crippen molar-refractivity contribution in [2.24, 2.45) is 5.84 Å². The summed E-state index contributed by atoms with van der Waals surface area (Å²) in [6.07, 6.45) is 1.18. The molecule has 0 aliphatic carbocycles. The average Bonchev–Trinajstić information content (AvgIpc) is 2.58. The third kappa shape index (κ3) is 3.51. The van der Waals surface area contributed by atoms with Crippen molar-refractivity contribution in [3.63, 3.8) is 0 Å². The second-order valence-corrected chi connectivity index (χ2v) is 6.34. The Balaban J connectivity index is 2.41. The molecule has 0 amide bonds. The molecule has 118 valence electrons. The number of hydrazine groups is 1. The maximum absolute atomic E-state index is 5.68. The molecule has 2 rings (SSSR count). The highest BCUT2D eigenvalue weighted by Gasteiger charge is 2.26. The Bertz CT molecular complexity index is 487. The quantitative estimate of drug-likeness (QED) is 0.650. The van der Waals surface area contributed by atoms with Crippen molar-refractivity contribution in [2.45, 2.75) is 39.2 Å². The van der Waals surface area contributed by atoms with Crippen molar-refractivity contribution in [2.75, 3.05) is 39.2 Å². The maximum Gasteiger partial charge on any atom is 0.149 e. The Hall–Kier alpha value is -1.24. The fourth-order valence-corrected chi connectivity index (χ4v) is 3.10. The van der Waals surface area contributed by atoms with Crippen LogP contribution < -0.4 is 11.3 Å².